The van der Waals surface area contributed by atoms with E-state index >= 15 is 0 Å². The third-order valence-corrected chi connectivity index (χ3v) is 12.6. The quantitative estimate of drug-likeness (QED) is 0.0264. The van der Waals surface area contributed by atoms with E-state index in [1.54, 1.807) is 0 Å². The molecule has 0 aliphatic carbocycles. The first kappa shape index (κ1) is 72.4. The van der Waals surface area contributed by atoms with E-state index in [9.17, 15) is 19.0 Å². The summed E-state index contributed by atoms with van der Waals surface area (Å²) in [5.41, 5.74) is 5.38. The van der Waals surface area contributed by atoms with E-state index in [2.05, 4.69) is 184 Å². The highest BCUT2D eigenvalue weighted by Crippen LogP contribution is 2.43. The summed E-state index contributed by atoms with van der Waals surface area (Å²) in [5.74, 6) is -0.888. The average molecular weight is 1080 g/mol. The second-order valence-corrected chi connectivity index (χ2v) is 20.2. The van der Waals surface area contributed by atoms with Crippen molar-refractivity contribution < 1.29 is 37.6 Å². The van der Waals surface area contributed by atoms with Crippen molar-refractivity contribution >= 4 is 19.8 Å². The highest BCUT2D eigenvalue weighted by molar-refractivity contribution is 7.47. The van der Waals surface area contributed by atoms with Crippen molar-refractivity contribution in [1.82, 2.24) is 0 Å². The molecule has 0 aliphatic heterocycles. The lowest BCUT2D eigenvalue weighted by atomic mass is 10.1. The Balaban J connectivity index is 4.11. The Morgan fingerprint density at radius 3 is 1.01 bits per heavy atom. The number of carbonyl (C=O) groups is 2. The molecular formula is C67H106NO8P. The van der Waals surface area contributed by atoms with Gasteiger partial charge in [0.15, 0.2) is 6.10 Å². The first-order valence-corrected chi connectivity index (χ1v) is 31.1. The van der Waals surface area contributed by atoms with Crippen molar-refractivity contribution in [2.75, 3.05) is 26.4 Å². The molecule has 0 heterocycles. The maximum Gasteiger partial charge on any atom is 0.472 e. The van der Waals surface area contributed by atoms with Crippen LogP contribution in [-0.4, -0.2) is 49.3 Å². The molecule has 0 radical (unpaired) electrons. The van der Waals surface area contributed by atoms with Gasteiger partial charge in [-0.05, 0) is 128 Å². The number of hydrogen-bond donors (Lipinski definition) is 2. The molecule has 0 amide bonds. The zero-order valence-corrected chi connectivity index (χ0v) is 49.0. The first-order chi connectivity index (χ1) is 37.8. The molecule has 0 saturated heterocycles. The summed E-state index contributed by atoms with van der Waals surface area (Å²) >= 11 is 0. The largest absolute Gasteiger partial charge is 0.472 e. The lowest BCUT2D eigenvalue weighted by Crippen LogP contribution is -2.29. The van der Waals surface area contributed by atoms with Gasteiger partial charge in [-0.1, -0.05) is 235 Å². The summed E-state index contributed by atoms with van der Waals surface area (Å²) in [6.45, 7) is 3.44. The number of unbranched alkanes of at least 4 members (excludes halogenated alkanes) is 12. The Morgan fingerprint density at radius 1 is 0.390 bits per heavy atom. The first-order valence-electron chi connectivity index (χ1n) is 29.6. The van der Waals surface area contributed by atoms with Gasteiger partial charge in [0.05, 0.1) is 13.2 Å². The standard InChI is InChI=1S/C67H106NO8P/c1-3-5-7-9-11-13-15-17-19-21-23-25-27-29-30-31-32-33-34-36-38-40-42-44-46-48-50-52-54-56-58-60-67(70)76-65(64-75-77(71,72)74-62-61-68)63-73-66(69)59-57-55-53-51-49-47-45-43-41-39-37-35-28-26-24-22-20-18-16-14-12-10-8-6-4-2/h5-8,11-14,17-20,23-26,29-30,32-33,35-38,41,43,47,49,65H,3-4,9-10,15-16,21-22,27-28,31,34,39-40,42,44-46,48,50-64,68H2,1-2H3,(H,71,72)/b7-5-,8-6-,13-11-,14-12-,19-17-,20-18-,25-23-,26-24-,30-29-,33-32-,37-35-,38-36-,43-41-,49-47-. The number of rotatable bonds is 53. The van der Waals surface area contributed by atoms with E-state index in [-0.39, 0.29) is 32.6 Å². The predicted octanol–water partition coefficient (Wildman–Crippen LogP) is 19.1. The van der Waals surface area contributed by atoms with Crippen molar-refractivity contribution in [2.24, 2.45) is 5.73 Å². The van der Waals surface area contributed by atoms with E-state index in [0.29, 0.717) is 12.8 Å². The fourth-order valence-electron chi connectivity index (χ4n) is 7.30. The summed E-state index contributed by atoms with van der Waals surface area (Å²) in [5, 5.41) is 0. The maximum absolute atomic E-state index is 12.7. The number of phosphoric acid groups is 1. The third kappa shape index (κ3) is 60.5. The molecule has 0 aromatic rings. The van der Waals surface area contributed by atoms with Crippen molar-refractivity contribution in [2.45, 2.75) is 213 Å². The van der Waals surface area contributed by atoms with Crippen LogP contribution in [0.3, 0.4) is 0 Å². The number of esters is 2. The number of hydrogen-bond acceptors (Lipinski definition) is 8. The molecule has 2 unspecified atom stereocenters. The minimum atomic E-state index is -4.41. The van der Waals surface area contributed by atoms with Gasteiger partial charge < -0.3 is 20.1 Å². The van der Waals surface area contributed by atoms with Crippen LogP contribution in [0.2, 0.25) is 0 Å². The molecule has 9 nitrogen and oxygen atoms in total. The third-order valence-electron chi connectivity index (χ3n) is 11.6. The SMILES string of the molecule is CC/C=C\C/C=C\C/C=C\C/C=C\C/C=C\C/C=C\C/C=C\CCCCCCCCCCCC(=O)OC(COC(=O)CCCCC/C=C\C/C=C\C/C=C\C/C=C\C/C=C\C/C=C\C/C=C\CC)COP(=O)(O)OCCN. The van der Waals surface area contributed by atoms with Crippen LogP contribution in [0.1, 0.15) is 206 Å². The summed E-state index contributed by atoms with van der Waals surface area (Å²) < 4.78 is 33.0. The van der Waals surface area contributed by atoms with Crippen LogP contribution in [0.15, 0.2) is 170 Å². The Kier molecular flexibility index (Phi) is 57.0. The minimum absolute atomic E-state index is 0.0374. The van der Waals surface area contributed by atoms with Crippen molar-refractivity contribution in [1.29, 1.82) is 0 Å². The number of phosphoric ester groups is 1. The second kappa shape index (κ2) is 60.6. The van der Waals surface area contributed by atoms with E-state index in [0.717, 1.165) is 135 Å². The van der Waals surface area contributed by atoms with E-state index in [1.165, 1.54) is 32.1 Å². The van der Waals surface area contributed by atoms with E-state index in [4.69, 9.17) is 24.3 Å². The molecule has 2 atom stereocenters. The Hall–Kier alpha value is -4.63. The van der Waals surface area contributed by atoms with Crippen molar-refractivity contribution in [3.05, 3.63) is 170 Å². The molecule has 77 heavy (non-hydrogen) atoms. The van der Waals surface area contributed by atoms with Gasteiger partial charge in [0.1, 0.15) is 6.61 Å². The van der Waals surface area contributed by atoms with Gasteiger partial charge in [0.25, 0.3) is 0 Å². The number of carbonyl (C=O) groups excluding carboxylic acids is 2. The van der Waals surface area contributed by atoms with Crippen LogP contribution in [0.25, 0.3) is 0 Å². The van der Waals surface area contributed by atoms with E-state index < -0.39 is 32.5 Å². The van der Waals surface area contributed by atoms with Crippen LogP contribution in [-0.2, 0) is 32.7 Å². The molecule has 10 heteroatoms. The lowest BCUT2D eigenvalue weighted by molar-refractivity contribution is -0.161. The van der Waals surface area contributed by atoms with Crippen LogP contribution in [0.5, 0.6) is 0 Å². The molecule has 432 valence electrons. The zero-order valence-electron chi connectivity index (χ0n) is 48.1. The normalized spacial score (nSPS) is 14.3. The Morgan fingerprint density at radius 2 is 0.675 bits per heavy atom. The van der Waals surface area contributed by atoms with Gasteiger partial charge in [-0.2, -0.15) is 0 Å². The maximum atomic E-state index is 12.7. The Labute approximate surface area is 470 Å². The molecule has 0 rings (SSSR count). The highest BCUT2D eigenvalue weighted by atomic mass is 31.2. The van der Waals surface area contributed by atoms with Crippen LogP contribution >= 0.6 is 7.82 Å². The smallest absolute Gasteiger partial charge is 0.462 e. The summed E-state index contributed by atoms with van der Waals surface area (Å²) in [7, 11) is -4.41. The van der Waals surface area contributed by atoms with Gasteiger partial charge in [-0.15, -0.1) is 0 Å². The fraction of sp³-hybridized carbons (Fsp3) is 0.552. The Bertz CT molecular complexity index is 1860. The van der Waals surface area contributed by atoms with Gasteiger partial charge in [0.2, 0.25) is 0 Å². The summed E-state index contributed by atoms with van der Waals surface area (Å²) in [6.07, 6.45) is 89.7. The van der Waals surface area contributed by atoms with Gasteiger partial charge in [-0.3, -0.25) is 18.6 Å². The lowest BCUT2D eigenvalue weighted by Gasteiger charge is -2.19. The molecule has 3 N–H and O–H groups in total. The molecule has 0 aromatic carbocycles. The molecule has 0 bridgehead atoms. The van der Waals surface area contributed by atoms with Crippen LogP contribution in [0, 0.1) is 0 Å². The topological polar surface area (TPSA) is 134 Å². The number of ether oxygens (including phenoxy) is 2. The summed E-state index contributed by atoms with van der Waals surface area (Å²) in [6, 6.07) is 0. The second-order valence-electron chi connectivity index (χ2n) is 18.7. The zero-order chi connectivity index (χ0) is 55.9. The fourth-order valence-corrected chi connectivity index (χ4v) is 8.07. The van der Waals surface area contributed by atoms with Crippen molar-refractivity contribution in [3.8, 4) is 0 Å². The molecule has 0 aromatic heterocycles. The molecule has 0 aliphatic rings. The van der Waals surface area contributed by atoms with Gasteiger partial charge >= 0.3 is 19.8 Å². The van der Waals surface area contributed by atoms with Gasteiger partial charge in [0, 0.05) is 19.4 Å². The van der Waals surface area contributed by atoms with E-state index in [1.807, 2.05) is 0 Å². The predicted molar refractivity (Wildman–Crippen MR) is 329 cm³/mol. The summed E-state index contributed by atoms with van der Waals surface area (Å²) in [4.78, 5) is 35.2. The molecular weight excluding hydrogens is 978 g/mol. The van der Waals surface area contributed by atoms with Crippen molar-refractivity contribution in [3.63, 3.8) is 0 Å². The minimum Gasteiger partial charge on any atom is -0.462 e. The monoisotopic (exact) mass is 1080 g/mol. The molecule has 0 saturated carbocycles. The highest BCUT2D eigenvalue weighted by Gasteiger charge is 2.26. The van der Waals surface area contributed by atoms with Gasteiger partial charge in [-0.25, -0.2) is 4.57 Å². The molecule has 0 spiro atoms. The average Bonchev–Trinajstić information content (AvgIpc) is 3.42. The van der Waals surface area contributed by atoms with Crippen LogP contribution in [0.4, 0.5) is 0 Å². The number of nitrogens with two attached hydrogens (primary N) is 1. The molecule has 0 fully saturated rings. The number of allylic oxidation sites excluding steroid dienone is 28. The van der Waals surface area contributed by atoms with Crippen LogP contribution < -0.4 is 5.73 Å².